The predicted molar refractivity (Wildman–Crippen MR) is 79.5 cm³/mol. The highest BCUT2D eigenvalue weighted by Gasteiger charge is 2.20. The number of hydrogen-bond acceptors (Lipinski definition) is 2. The van der Waals surface area contributed by atoms with Crippen LogP contribution < -0.4 is 5.32 Å². The summed E-state index contributed by atoms with van der Waals surface area (Å²) in [7, 11) is 0. The number of nitrogens with zero attached hydrogens (tertiary/aromatic N) is 2. The second-order valence-corrected chi connectivity index (χ2v) is 5.39. The Hall–Kier alpha value is -1.32. The molecule has 3 rings (SSSR count). The summed E-state index contributed by atoms with van der Waals surface area (Å²) in [4.78, 5) is 4.37. The summed E-state index contributed by atoms with van der Waals surface area (Å²) in [6.45, 7) is 3.12. The molecule has 2 aromatic rings. The van der Waals surface area contributed by atoms with E-state index in [0.29, 0.717) is 5.15 Å². The van der Waals surface area contributed by atoms with E-state index < -0.39 is 0 Å². The molecule has 1 N–H and O–H groups in total. The van der Waals surface area contributed by atoms with Gasteiger partial charge in [0.25, 0.3) is 0 Å². The van der Waals surface area contributed by atoms with Crippen LogP contribution in [-0.2, 0) is 0 Å². The van der Waals surface area contributed by atoms with Crippen LogP contribution in [0.15, 0.2) is 30.0 Å². The summed E-state index contributed by atoms with van der Waals surface area (Å²) >= 11 is 6.25. The first kappa shape index (κ1) is 12.7. The first-order valence-electron chi connectivity index (χ1n) is 6.83. The van der Waals surface area contributed by atoms with Crippen LogP contribution in [0.5, 0.6) is 0 Å². The lowest BCUT2D eigenvalue weighted by molar-refractivity contribution is 0.722. The van der Waals surface area contributed by atoms with Crippen molar-refractivity contribution in [2.45, 2.75) is 32.2 Å². The van der Waals surface area contributed by atoms with E-state index >= 15 is 0 Å². The highest BCUT2D eigenvalue weighted by Crippen LogP contribution is 2.22. The Bertz CT molecular complexity index is 611. The van der Waals surface area contributed by atoms with Crippen molar-refractivity contribution < 1.29 is 0 Å². The van der Waals surface area contributed by atoms with Crippen LogP contribution in [0.4, 0.5) is 0 Å². The molecular formula is C15H18ClN3. The fourth-order valence-corrected chi connectivity index (χ4v) is 2.38. The second-order valence-electron chi connectivity index (χ2n) is 5.03. The lowest BCUT2D eigenvalue weighted by Gasteiger charge is -2.06. The topological polar surface area (TPSA) is 29.3 Å². The van der Waals surface area contributed by atoms with Gasteiger partial charge in [-0.3, -0.25) is 4.40 Å². The van der Waals surface area contributed by atoms with E-state index in [0.717, 1.165) is 30.3 Å². The van der Waals surface area contributed by atoms with Crippen LogP contribution in [-0.4, -0.2) is 22.0 Å². The Morgan fingerprint density at radius 1 is 1.53 bits per heavy atom. The minimum atomic E-state index is 0.573. The van der Waals surface area contributed by atoms with Crippen LogP contribution in [0, 0.1) is 0 Å². The maximum Gasteiger partial charge on any atom is 0.155 e. The van der Waals surface area contributed by atoms with Crippen molar-refractivity contribution in [2.75, 3.05) is 6.54 Å². The van der Waals surface area contributed by atoms with Gasteiger partial charge in [-0.2, -0.15) is 0 Å². The summed E-state index contributed by atoms with van der Waals surface area (Å²) in [6.07, 6.45) is 7.82. The molecule has 1 aliphatic carbocycles. The molecule has 0 spiro atoms. The van der Waals surface area contributed by atoms with Gasteiger partial charge < -0.3 is 5.32 Å². The number of imidazole rings is 1. The fraction of sp³-hybridized carbons (Fsp3) is 0.400. The van der Waals surface area contributed by atoms with E-state index in [1.54, 1.807) is 0 Å². The van der Waals surface area contributed by atoms with E-state index in [2.05, 4.69) is 23.3 Å². The highest BCUT2D eigenvalue weighted by molar-refractivity contribution is 6.31. The molecular weight excluding hydrogens is 258 g/mol. The molecule has 0 bridgehead atoms. The van der Waals surface area contributed by atoms with Crippen LogP contribution in [0.25, 0.3) is 11.7 Å². The number of halogens is 1. The average molecular weight is 276 g/mol. The van der Waals surface area contributed by atoms with Crippen LogP contribution in [0.2, 0.25) is 5.15 Å². The Balaban J connectivity index is 1.90. The molecule has 0 amide bonds. The standard InChI is InChI=1S/C15H18ClN3/c1-2-11(10-17-12-6-7-12)9-13-15(16)18-14-5-3-4-8-19(13)14/h3-5,8-9,12,17H,2,6-7,10H2,1H3. The summed E-state index contributed by atoms with van der Waals surface area (Å²) in [6, 6.07) is 6.67. The van der Waals surface area contributed by atoms with Crippen LogP contribution in [0.1, 0.15) is 31.9 Å². The summed E-state index contributed by atoms with van der Waals surface area (Å²) in [5.74, 6) is 0. The third-order valence-corrected chi connectivity index (χ3v) is 3.79. The molecule has 3 nitrogen and oxygen atoms in total. The quantitative estimate of drug-likeness (QED) is 0.904. The molecule has 2 aromatic heterocycles. The molecule has 100 valence electrons. The van der Waals surface area contributed by atoms with E-state index in [9.17, 15) is 0 Å². The molecule has 1 fully saturated rings. The van der Waals surface area contributed by atoms with E-state index in [4.69, 9.17) is 11.6 Å². The van der Waals surface area contributed by atoms with E-state index in [1.807, 2.05) is 28.8 Å². The van der Waals surface area contributed by atoms with Gasteiger partial charge in [-0.1, -0.05) is 30.2 Å². The Kier molecular flexibility index (Phi) is 3.58. The van der Waals surface area contributed by atoms with Crippen molar-refractivity contribution in [3.05, 3.63) is 40.8 Å². The fourth-order valence-electron chi connectivity index (χ4n) is 2.15. The summed E-state index contributed by atoms with van der Waals surface area (Å²) < 4.78 is 2.04. The molecule has 2 heterocycles. The minimum Gasteiger partial charge on any atom is -0.310 e. The van der Waals surface area contributed by atoms with Gasteiger partial charge in [-0.15, -0.1) is 0 Å². The molecule has 0 unspecified atom stereocenters. The molecule has 4 heteroatoms. The third kappa shape index (κ3) is 2.82. The Morgan fingerprint density at radius 2 is 2.37 bits per heavy atom. The summed E-state index contributed by atoms with van der Waals surface area (Å²) in [5.41, 5.74) is 3.23. The minimum absolute atomic E-state index is 0.573. The van der Waals surface area contributed by atoms with E-state index in [1.165, 1.54) is 18.4 Å². The molecule has 1 aliphatic rings. The number of hydrogen-bond donors (Lipinski definition) is 1. The number of nitrogens with one attached hydrogen (secondary N) is 1. The van der Waals surface area contributed by atoms with Gasteiger partial charge in [0.2, 0.25) is 0 Å². The first-order chi connectivity index (χ1) is 9.28. The van der Waals surface area contributed by atoms with Crippen LogP contribution in [0.3, 0.4) is 0 Å². The maximum absolute atomic E-state index is 6.25. The number of pyridine rings is 1. The van der Waals surface area contributed by atoms with Crippen molar-refractivity contribution >= 4 is 23.3 Å². The molecule has 0 aromatic carbocycles. The molecule has 0 saturated heterocycles. The predicted octanol–water partition coefficient (Wildman–Crippen LogP) is 3.53. The van der Waals surface area contributed by atoms with Crippen molar-refractivity contribution in [3.63, 3.8) is 0 Å². The monoisotopic (exact) mass is 275 g/mol. The van der Waals surface area contributed by atoms with Gasteiger partial charge >= 0.3 is 0 Å². The Morgan fingerprint density at radius 3 is 3.11 bits per heavy atom. The highest BCUT2D eigenvalue weighted by atomic mass is 35.5. The van der Waals surface area contributed by atoms with Gasteiger partial charge in [-0.25, -0.2) is 4.98 Å². The lowest BCUT2D eigenvalue weighted by Crippen LogP contribution is -2.19. The van der Waals surface area contributed by atoms with Crippen molar-refractivity contribution in [1.29, 1.82) is 0 Å². The smallest absolute Gasteiger partial charge is 0.155 e. The van der Waals surface area contributed by atoms with Gasteiger partial charge in [0.05, 0.1) is 5.69 Å². The molecule has 1 saturated carbocycles. The van der Waals surface area contributed by atoms with Crippen molar-refractivity contribution in [2.24, 2.45) is 0 Å². The SMILES string of the molecule is CCC(=Cc1c(Cl)nc2ccccn12)CNC1CC1. The largest absolute Gasteiger partial charge is 0.310 e. The van der Waals surface area contributed by atoms with Crippen molar-refractivity contribution in [3.8, 4) is 0 Å². The number of aromatic nitrogens is 2. The zero-order valence-electron chi connectivity index (χ0n) is 11.1. The normalized spacial score (nSPS) is 16.2. The van der Waals surface area contributed by atoms with E-state index in [-0.39, 0.29) is 0 Å². The molecule has 0 atom stereocenters. The molecule has 0 radical (unpaired) electrons. The first-order valence-corrected chi connectivity index (χ1v) is 7.21. The third-order valence-electron chi connectivity index (χ3n) is 3.51. The average Bonchev–Trinajstić information content (AvgIpc) is 3.19. The van der Waals surface area contributed by atoms with Crippen molar-refractivity contribution in [1.82, 2.24) is 14.7 Å². The number of rotatable bonds is 5. The summed E-state index contributed by atoms with van der Waals surface area (Å²) in [5, 5.41) is 4.12. The van der Waals surface area contributed by atoms with Gasteiger partial charge in [0, 0.05) is 18.8 Å². The second kappa shape index (κ2) is 5.35. The zero-order valence-corrected chi connectivity index (χ0v) is 11.8. The Labute approximate surface area is 118 Å². The maximum atomic E-state index is 6.25. The molecule has 19 heavy (non-hydrogen) atoms. The zero-order chi connectivity index (χ0) is 13.2. The van der Waals surface area contributed by atoms with Gasteiger partial charge in [0.15, 0.2) is 5.15 Å². The van der Waals surface area contributed by atoms with Gasteiger partial charge in [0.1, 0.15) is 5.65 Å². The van der Waals surface area contributed by atoms with Gasteiger partial charge in [-0.05, 0) is 37.5 Å². The number of fused-ring (bicyclic) bond motifs is 1. The van der Waals surface area contributed by atoms with Crippen LogP contribution >= 0.6 is 11.6 Å². The lowest BCUT2D eigenvalue weighted by atomic mass is 10.1. The molecule has 0 aliphatic heterocycles.